The first-order valence-electron chi connectivity index (χ1n) is 8.59. The van der Waals surface area contributed by atoms with E-state index >= 15 is 0 Å². The number of esters is 1. The molecule has 144 valence electrons. The molecule has 0 saturated heterocycles. The van der Waals surface area contributed by atoms with Gasteiger partial charge in [-0.05, 0) is 37.1 Å². The van der Waals surface area contributed by atoms with Crippen molar-refractivity contribution in [2.24, 2.45) is 5.92 Å². The summed E-state index contributed by atoms with van der Waals surface area (Å²) in [6.07, 6.45) is 1.38. The molecule has 0 heterocycles. The van der Waals surface area contributed by atoms with E-state index in [-0.39, 0.29) is 17.9 Å². The normalized spacial score (nSPS) is 12.3. The van der Waals surface area contributed by atoms with Crippen LogP contribution < -0.4 is 4.31 Å². The highest BCUT2D eigenvalue weighted by Crippen LogP contribution is 2.23. The van der Waals surface area contributed by atoms with Gasteiger partial charge in [0.2, 0.25) is 15.9 Å². The quantitative estimate of drug-likeness (QED) is 0.680. The minimum atomic E-state index is -3.88. The van der Waals surface area contributed by atoms with Crippen molar-refractivity contribution in [2.45, 2.75) is 20.3 Å². The van der Waals surface area contributed by atoms with Crippen molar-refractivity contribution in [3.8, 4) is 0 Å². The van der Waals surface area contributed by atoms with Gasteiger partial charge in [0.15, 0.2) is 0 Å². The molecule has 0 aliphatic carbocycles. The molecule has 2 rings (SSSR count). The Balaban J connectivity index is 2.34. The largest absolute Gasteiger partial charge is 0.462 e. The van der Waals surface area contributed by atoms with E-state index in [1.807, 2.05) is 30.3 Å². The molecule has 1 amide bonds. The second-order valence-corrected chi connectivity index (χ2v) is 8.06. The Morgan fingerprint density at radius 3 is 2.33 bits per heavy atom. The van der Waals surface area contributed by atoms with Gasteiger partial charge >= 0.3 is 5.97 Å². The first-order chi connectivity index (χ1) is 12.7. The molecule has 0 saturated carbocycles. The summed E-state index contributed by atoms with van der Waals surface area (Å²) in [6, 6.07) is 15.2. The fraction of sp³-hybridized carbons (Fsp3) is 0.300. The van der Waals surface area contributed by atoms with Crippen LogP contribution >= 0.6 is 0 Å². The highest BCUT2D eigenvalue weighted by Gasteiger charge is 2.30. The Hall–Kier alpha value is -2.67. The third kappa shape index (κ3) is 5.40. The zero-order valence-electron chi connectivity index (χ0n) is 15.6. The maximum absolute atomic E-state index is 12.9. The van der Waals surface area contributed by atoms with Gasteiger partial charge in [-0.25, -0.2) is 17.5 Å². The number of anilines is 1. The lowest BCUT2D eigenvalue weighted by Gasteiger charge is -2.24. The summed E-state index contributed by atoms with van der Waals surface area (Å²) in [5.41, 5.74) is 1.24. The topological polar surface area (TPSA) is 80.8 Å². The Kier molecular flexibility index (Phi) is 6.74. The standard InChI is InChI=1S/C20H23NO5S/c1-4-26-20(23)17-11-8-12-18(14-17)21(27(3,24)25)19(22)15(2)13-16-9-6-5-7-10-16/h5-12,14-15H,4,13H2,1-3H3. The molecule has 0 aliphatic rings. The molecule has 7 heteroatoms. The summed E-state index contributed by atoms with van der Waals surface area (Å²) in [6.45, 7) is 3.56. The van der Waals surface area contributed by atoms with E-state index < -0.39 is 27.8 Å². The summed E-state index contributed by atoms with van der Waals surface area (Å²) in [5, 5.41) is 0. The second-order valence-electron chi connectivity index (χ2n) is 6.23. The summed E-state index contributed by atoms with van der Waals surface area (Å²) >= 11 is 0. The van der Waals surface area contributed by atoms with Crippen LogP contribution in [0.5, 0.6) is 0 Å². The van der Waals surface area contributed by atoms with Crippen molar-refractivity contribution in [3.05, 3.63) is 65.7 Å². The molecule has 0 aliphatic heterocycles. The maximum Gasteiger partial charge on any atom is 0.338 e. The SMILES string of the molecule is CCOC(=O)c1cccc(N(C(=O)C(C)Cc2ccccc2)S(C)(=O)=O)c1. The molecule has 0 N–H and O–H groups in total. The van der Waals surface area contributed by atoms with E-state index in [0.29, 0.717) is 6.42 Å². The molecular formula is C20H23NO5S. The van der Waals surface area contributed by atoms with Gasteiger partial charge in [-0.3, -0.25) is 4.79 Å². The predicted octanol–water partition coefficient (Wildman–Crippen LogP) is 3.03. The lowest BCUT2D eigenvalue weighted by Crippen LogP contribution is -2.40. The Labute approximate surface area is 159 Å². The number of rotatable bonds is 7. The van der Waals surface area contributed by atoms with Crippen LogP contribution in [0, 0.1) is 5.92 Å². The van der Waals surface area contributed by atoms with Gasteiger partial charge in [0.1, 0.15) is 0 Å². The summed E-state index contributed by atoms with van der Waals surface area (Å²) in [7, 11) is -3.88. The van der Waals surface area contributed by atoms with Gasteiger partial charge in [-0.15, -0.1) is 0 Å². The molecule has 0 radical (unpaired) electrons. The minimum absolute atomic E-state index is 0.118. The maximum atomic E-state index is 12.9. The van der Waals surface area contributed by atoms with Crippen LogP contribution in [-0.2, 0) is 26.0 Å². The highest BCUT2D eigenvalue weighted by atomic mass is 32.2. The third-order valence-corrected chi connectivity index (χ3v) is 4.98. The van der Waals surface area contributed by atoms with Crippen molar-refractivity contribution in [2.75, 3.05) is 17.2 Å². The molecular weight excluding hydrogens is 366 g/mol. The molecule has 2 aromatic rings. The lowest BCUT2D eigenvalue weighted by atomic mass is 10.0. The lowest BCUT2D eigenvalue weighted by molar-refractivity contribution is -0.120. The zero-order chi connectivity index (χ0) is 20.0. The number of carbonyl (C=O) groups is 2. The number of ether oxygens (including phenoxy) is 1. The van der Waals surface area contributed by atoms with Crippen LogP contribution in [0.1, 0.15) is 29.8 Å². The van der Waals surface area contributed by atoms with Crippen LogP contribution in [0.3, 0.4) is 0 Å². The summed E-state index contributed by atoms with van der Waals surface area (Å²) in [5.74, 6) is -1.69. The van der Waals surface area contributed by atoms with Crippen LogP contribution in [0.15, 0.2) is 54.6 Å². The van der Waals surface area contributed by atoms with E-state index in [4.69, 9.17) is 4.74 Å². The first-order valence-corrected chi connectivity index (χ1v) is 10.4. The van der Waals surface area contributed by atoms with Crippen molar-refractivity contribution in [1.29, 1.82) is 0 Å². The van der Waals surface area contributed by atoms with Crippen LogP contribution in [0.4, 0.5) is 5.69 Å². The van der Waals surface area contributed by atoms with E-state index in [2.05, 4.69) is 0 Å². The molecule has 27 heavy (non-hydrogen) atoms. The number of sulfonamides is 1. The summed E-state index contributed by atoms with van der Waals surface area (Å²) in [4.78, 5) is 24.9. The van der Waals surface area contributed by atoms with Gasteiger partial charge in [-0.1, -0.05) is 43.3 Å². The second kappa shape index (κ2) is 8.81. The molecule has 0 spiro atoms. The Morgan fingerprint density at radius 2 is 1.74 bits per heavy atom. The van der Waals surface area contributed by atoms with Gasteiger partial charge in [0, 0.05) is 5.92 Å². The minimum Gasteiger partial charge on any atom is -0.462 e. The monoisotopic (exact) mass is 389 g/mol. The number of carbonyl (C=O) groups excluding carboxylic acids is 2. The smallest absolute Gasteiger partial charge is 0.338 e. The average Bonchev–Trinajstić information content (AvgIpc) is 2.62. The van der Waals surface area contributed by atoms with Crippen molar-refractivity contribution < 1.29 is 22.7 Å². The Bertz CT molecular complexity index is 909. The Morgan fingerprint density at radius 1 is 1.07 bits per heavy atom. The highest BCUT2D eigenvalue weighted by molar-refractivity contribution is 7.92. The van der Waals surface area contributed by atoms with E-state index in [0.717, 1.165) is 16.1 Å². The molecule has 0 fully saturated rings. The molecule has 2 aromatic carbocycles. The molecule has 0 bridgehead atoms. The number of hydrogen-bond donors (Lipinski definition) is 0. The number of amides is 1. The third-order valence-electron chi connectivity index (χ3n) is 3.93. The van der Waals surface area contributed by atoms with Crippen LogP contribution in [0.25, 0.3) is 0 Å². The summed E-state index contributed by atoms with van der Waals surface area (Å²) < 4.78 is 30.3. The zero-order valence-corrected chi connectivity index (χ0v) is 16.4. The van der Waals surface area contributed by atoms with Gasteiger partial charge < -0.3 is 4.74 Å². The first kappa shape index (κ1) is 20.6. The van der Waals surface area contributed by atoms with Gasteiger partial charge in [-0.2, -0.15) is 0 Å². The molecule has 0 aromatic heterocycles. The van der Waals surface area contributed by atoms with E-state index in [9.17, 15) is 18.0 Å². The number of benzene rings is 2. The van der Waals surface area contributed by atoms with E-state index in [1.54, 1.807) is 13.8 Å². The molecule has 1 atom stereocenters. The number of hydrogen-bond acceptors (Lipinski definition) is 5. The van der Waals surface area contributed by atoms with Crippen molar-refractivity contribution >= 4 is 27.6 Å². The van der Waals surface area contributed by atoms with E-state index in [1.165, 1.54) is 24.3 Å². The van der Waals surface area contributed by atoms with Gasteiger partial charge in [0.05, 0.1) is 24.1 Å². The van der Waals surface area contributed by atoms with Gasteiger partial charge in [0.25, 0.3) is 0 Å². The number of nitrogens with zero attached hydrogens (tertiary/aromatic N) is 1. The fourth-order valence-corrected chi connectivity index (χ4v) is 3.71. The predicted molar refractivity (Wildman–Crippen MR) is 104 cm³/mol. The van der Waals surface area contributed by atoms with Crippen LogP contribution in [-0.4, -0.2) is 33.2 Å². The fourth-order valence-electron chi connectivity index (χ4n) is 2.71. The van der Waals surface area contributed by atoms with Crippen molar-refractivity contribution in [1.82, 2.24) is 0 Å². The van der Waals surface area contributed by atoms with Crippen molar-refractivity contribution in [3.63, 3.8) is 0 Å². The average molecular weight is 389 g/mol. The molecule has 1 unspecified atom stereocenters. The molecule has 6 nitrogen and oxygen atoms in total. The van der Waals surface area contributed by atoms with Crippen LogP contribution in [0.2, 0.25) is 0 Å².